The largest absolute Gasteiger partial charge is 0.346 e. The van der Waals surface area contributed by atoms with Gasteiger partial charge in [0.05, 0.1) is 17.8 Å². The van der Waals surface area contributed by atoms with Crippen LogP contribution in [-0.2, 0) is 11.3 Å². The zero-order valence-corrected chi connectivity index (χ0v) is 16.0. The number of pyridine rings is 1. The lowest BCUT2D eigenvalue weighted by Gasteiger charge is -2.26. The summed E-state index contributed by atoms with van der Waals surface area (Å²) in [5, 5.41) is 7.59. The Morgan fingerprint density at radius 2 is 2.04 bits per heavy atom. The SMILES string of the molecule is CCn1cc([C@@H](NC(=O)C2CCNCC2)c2ccc(F)cc2)c2ccncc21. The highest BCUT2D eigenvalue weighted by atomic mass is 19.1. The van der Waals surface area contributed by atoms with E-state index in [2.05, 4.69) is 33.3 Å². The van der Waals surface area contributed by atoms with Gasteiger partial charge in [-0.25, -0.2) is 4.39 Å². The molecule has 1 aliphatic heterocycles. The topological polar surface area (TPSA) is 59.0 Å². The van der Waals surface area contributed by atoms with Crippen LogP contribution in [0.15, 0.2) is 48.9 Å². The highest BCUT2D eigenvalue weighted by molar-refractivity contribution is 5.86. The van der Waals surface area contributed by atoms with E-state index in [-0.39, 0.29) is 23.7 Å². The quantitative estimate of drug-likeness (QED) is 0.713. The van der Waals surface area contributed by atoms with Crippen LogP contribution in [0.4, 0.5) is 4.39 Å². The molecular weight excluding hydrogens is 355 g/mol. The number of rotatable bonds is 5. The number of carbonyl (C=O) groups excluding carboxylic acids is 1. The maximum atomic E-state index is 13.5. The van der Waals surface area contributed by atoms with Crippen LogP contribution in [0.25, 0.3) is 10.9 Å². The molecule has 1 aliphatic rings. The molecular formula is C22H25FN4O. The smallest absolute Gasteiger partial charge is 0.223 e. The van der Waals surface area contributed by atoms with Gasteiger partial charge < -0.3 is 15.2 Å². The maximum Gasteiger partial charge on any atom is 0.223 e. The molecule has 1 atom stereocenters. The van der Waals surface area contributed by atoms with E-state index in [1.165, 1.54) is 12.1 Å². The van der Waals surface area contributed by atoms with E-state index < -0.39 is 0 Å². The number of hydrogen-bond acceptors (Lipinski definition) is 3. The van der Waals surface area contributed by atoms with Crippen LogP contribution in [0.1, 0.15) is 36.9 Å². The van der Waals surface area contributed by atoms with Crippen LogP contribution in [-0.4, -0.2) is 28.5 Å². The molecule has 146 valence electrons. The summed E-state index contributed by atoms with van der Waals surface area (Å²) < 4.78 is 15.6. The highest BCUT2D eigenvalue weighted by Gasteiger charge is 2.26. The first-order valence-electron chi connectivity index (χ1n) is 9.86. The molecule has 0 unspecified atom stereocenters. The fourth-order valence-electron chi connectivity index (χ4n) is 4.00. The third-order valence-corrected chi connectivity index (χ3v) is 5.57. The molecule has 6 heteroatoms. The van der Waals surface area contributed by atoms with Crippen molar-refractivity contribution in [3.05, 3.63) is 65.9 Å². The molecule has 28 heavy (non-hydrogen) atoms. The second-order valence-corrected chi connectivity index (χ2v) is 7.28. The molecule has 1 amide bonds. The van der Waals surface area contributed by atoms with Gasteiger partial charge in [0.1, 0.15) is 5.82 Å². The number of fused-ring (bicyclic) bond motifs is 1. The number of benzene rings is 1. The van der Waals surface area contributed by atoms with Crippen molar-refractivity contribution in [2.45, 2.75) is 32.4 Å². The summed E-state index contributed by atoms with van der Waals surface area (Å²) in [5.74, 6) is -0.222. The zero-order chi connectivity index (χ0) is 19.5. The Balaban J connectivity index is 1.75. The Kier molecular flexibility index (Phi) is 5.39. The number of aryl methyl sites for hydroxylation is 1. The average molecular weight is 380 g/mol. The second kappa shape index (κ2) is 8.10. The molecule has 3 heterocycles. The minimum absolute atomic E-state index is 0.00499. The monoisotopic (exact) mass is 380 g/mol. The first kappa shape index (κ1) is 18.6. The number of halogens is 1. The van der Waals surface area contributed by atoms with E-state index in [0.29, 0.717) is 0 Å². The number of aromatic nitrogens is 2. The summed E-state index contributed by atoms with van der Waals surface area (Å²) in [6.45, 7) is 4.61. The molecule has 1 saturated heterocycles. The number of nitrogens with one attached hydrogen (secondary N) is 2. The van der Waals surface area contributed by atoms with Gasteiger partial charge in [0.2, 0.25) is 5.91 Å². The lowest BCUT2D eigenvalue weighted by molar-refractivity contribution is -0.126. The van der Waals surface area contributed by atoms with E-state index in [9.17, 15) is 9.18 Å². The maximum absolute atomic E-state index is 13.5. The summed E-state index contributed by atoms with van der Waals surface area (Å²) in [4.78, 5) is 17.3. The van der Waals surface area contributed by atoms with Gasteiger partial charge in [-0.2, -0.15) is 0 Å². The predicted octanol–water partition coefficient (Wildman–Crippen LogP) is 3.40. The van der Waals surface area contributed by atoms with E-state index in [0.717, 1.165) is 54.5 Å². The van der Waals surface area contributed by atoms with Crippen LogP contribution >= 0.6 is 0 Å². The molecule has 5 nitrogen and oxygen atoms in total. The number of piperidine rings is 1. The zero-order valence-electron chi connectivity index (χ0n) is 16.0. The molecule has 3 aromatic rings. The fourth-order valence-corrected chi connectivity index (χ4v) is 4.00. The van der Waals surface area contributed by atoms with Crippen molar-refractivity contribution in [1.29, 1.82) is 0 Å². The number of hydrogen-bond donors (Lipinski definition) is 2. The Morgan fingerprint density at radius 1 is 1.29 bits per heavy atom. The first-order valence-corrected chi connectivity index (χ1v) is 9.86. The van der Waals surface area contributed by atoms with Crippen LogP contribution in [0.2, 0.25) is 0 Å². The number of carbonyl (C=O) groups is 1. The Labute approximate surface area is 164 Å². The molecule has 4 rings (SSSR count). The molecule has 0 radical (unpaired) electrons. The predicted molar refractivity (Wildman–Crippen MR) is 107 cm³/mol. The van der Waals surface area contributed by atoms with Gasteiger partial charge in [-0.1, -0.05) is 12.1 Å². The van der Waals surface area contributed by atoms with Gasteiger partial charge in [0.15, 0.2) is 0 Å². The molecule has 1 fully saturated rings. The van der Waals surface area contributed by atoms with Crippen molar-refractivity contribution in [2.75, 3.05) is 13.1 Å². The second-order valence-electron chi connectivity index (χ2n) is 7.28. The van der Waals surface area contributed by atoms with Gasteiger partial charge >= 0.3 is 0 Å². The van der Waals surface area contributed by atoms with Crippen molar-refractivity contribution in [1.82, 2.24) is 20.2 Å². The lowest BCUT2D eigenvalue weighted by atomic mass is 9.94. The summed E-state index contributed by atoms with van der Waals surface area (Å²) in [5.41, 5.74) is 2.91. The Bertz CT molecular complexity index is 960. The van der Waals surface area contributed by atoms with Gasteiger partial charge in [-0.15, -0.1) is 0 Å². The van der Waals surface area contributed by atoms with E-state index in [1.807, 2.05) is 12.3 Å². The fraction of sp³-hybridized carbons (Fsp3) is 0.364. The van der Waals surface area contributed by atoms with Crippen molar-refractivity contribution in [2.24, 2.45) is 5.92 Å². The minimum Gasteiger partial charge on any atom is -0.346 e. The van der Waals surface area contributed by atoms with Crippen molar-refractivity contribution < 1.29 is 9.18 Å². The van der Waals surface area contributed by atoms with Crippen LogP contribution in [0.3, 0.4) is 0 Å². The van der Waals surface area contributed by atoms with Crippen LogP contribution in [0, 0.1) is 11.7 Å². The number of nitrogens with zero attached hydrogens (tertiary/aromatic N) is 2. The molecule has 2 N–H and O–H groups in total. The number of amides is 1. The average Bonchev–Trinajstić information content (AvgIpc) is 3.12. The van der Waals surface area contributed by atoms with E-state index in [1.54, 1.807) is 18.3 Å². The van der Waals surface area contributed by atoms with E-state index >= 15 is 0 Å². The minimum atomic E-state index is -0.333. The molecule has 0 bridgehead atoms. The summed E-state index contributed by atoms with van der Waals surface area (Å²) >= 11 is 0. The van der Waals surface area contributed by atoms with Crippen LogP contribution < -0.4 is 10.6 Å². The molecule has 2 aromatic heterocycles. The third kappa shape index (κ3) is 3.64. The lowest BCUT2D eigenvalue weighted by Crippen LogP contribution is -2.40. The van der Waals surface area contributed by atoms with Crippen molar-refractivity contribution in [3.8, 4) is 0 Å². The molecule has 0 spiro atoms. The summed E-state index contributed by atoms with van der Waals surface area (Å²) in [7, 11) is 0. The van der Waals surface area contributed by atoms with Gasteiger partial charge in [-0.3, -0.25) is 9.78 Å². The standard InChI is InChI=1S/C22H25FN4O/c1-2-27-14-19(18-9-12-25-13-20(18)27)21(15-3-5-17(23)6-4-15)26-22(28)16-7-10-24-11-8-16/h3-6,9,12-14,16,21,24H,2,7-8,10-11H2,1H3,(H,26,28)/t21-/m0/s1. The van der Waals surface area contributed by atoms with Gasteiger partial charge in [-0.05, 0) is 56.6 Å². The molecule has 0 saturated carbocycles. The molecule has 0 aliphatic carbocycles. The highest BCUT2D eigenvalue weighted by Crippen LogP contribution is 2.31. The Morgan fingerprint density at radius 3 is 2.75 bits per heavy atom. The van der Waals surface area contributed by atoms with Crippen molar-refractivity contribution in [3.63, 3.8) is 0 Å². The van der Waals surface area contributed by atoms with Gasteiger partial charge in [0, 0.05) is 35.8 Å². The normalized spacial score (nSPS) is 16.2. The van der Waals surface area contributed by atoms with Gasteiger partial charge in [0.25, 0.3) is 0 Å². The van der Waals surface area contributed by atoms with Crippen molar-refractivity contribution >= 4 is 16.8 Å². The molecule has 1 aromatic carbocycles. The summed E-state index contributed by atoms with van der Waals surface area (Å²) in [6.07, 6.45) is 7.36. The van der Waals surface area contributed by atoms with E-state index in [4.69, 9.17) is 0 Å². The summed E-state index contributed by atoms with van der Waals surface area (Å²) in [6, 6.07) is 8.03. The van der Waals surface area contributed by atoms with Crippen LogP contribution in [0.5, 0.6) is 0 Å². The Hall–Kier alpha value is -2.73. The first-order chi connectivity index (χ1) is 13.7. The third-order valence-electron chi connectivity index (χ3n) is 5.57.